The molecule has 3 N–H and O–H groups in total. The van der Waals surface area contributed by atoms with Crippen molar-refractivity contribution < 1.29 is 4.79 Å². The van der Waals surface area contributed by atoms with Gasteiger partial charge in [-0.05, 0) is 25.1 Å². The highest BCUT2D eigenvalue weighted by Gasteiger charge is 2.11. The number of nitrogens with one attached hydrogen (secondary N) is 1. The molecule has 4 nitrogen and oxygen atoms in total. The van der Waals surface area contributed by atoms with Crippen molar-refractivity contribution in [2.75, 3.05) is 5.32 Å². The van der Waals surface area contributed by atoms with Crippen molar-refractivity contribution in [3.05, 3.63) is 22.7 Å². The van der Waals surface area contributed by atoms with Crippen LogP contribution in [0.5, 0.6) is 0 Å². The summed E-state index contributed by atoms with van der Waals surface area (Å²) < 4.78 is 2.06. The number of amides is 1. The van der Waals surface area contributed by atoms with Crippen LogP contribution in [0, 0.1) is 0 Å². The van der Waals surface area contributed by atoms with Gasteiger partial charge in [-0.1, -0.05) is 27.3 Å². The lowest BCUT2D eigenvalue weighted by atomic mass is 10.3. The minimum Gasteiger partial charge on any atom is -0.368 e. The Bertz CT molecular complexity index is 540. The molecule has 2 rings (SSSR count). The monoisotopic (exact) mass is 299 g/mol. The number of halogens is 1. The van der Waals surface area contributed by atoms with Gasteiger partial charge in [-0.15, -0.1) is 0 Å². The molecule has 1 amide bonds. The number of benzene rings is 1. The molecule has 1 aromatic carbocycles. The highest BCUT2D eigenvalue weighted by molar-refractivity contribution is 9.10. The molecule has 1 unspecified atom stereocenters. The second kappa shape index (κ2) is 4.39. The molecule has 1 heterocycles. The maximum absolute atomic E-state index is 10.9. The van der Waals surface area contributed by atoms with E-state index in [-0.39, 0.29) is 5.91 Å². The number of fused-ring (bicyclic) bond motifs is 1. The predicted octanol–water partition coefficient (Wildman–Crippen LogP) is 2.34. The average Bonchev–Trinajstić information content (AvgIpc) is 2.58. The van der Waals surface area contributed by atoms with Crippen LogP contribution < -0.4 is 11.1 Å². The highest BCUT2D eigenvalue weighted by Crippen LogP contribution is 2.28. The number of hydrogen-bond acceptors (Lipinski definition) is 4. The van der Waals surface area contributed by atoms with E-state index in [0.717, 1.165) is 14.7 Å². The average molecular weight is 300 g/mol. The van der Waals surface area contributed by atoms with Crippen molar-refractivity contribution in [3.8, 4) is 0 Å². The number of primary amides is 1. The fourth-order valence-corrected chi connectivity index (χ4v) is 2.50. The molecule has 16 heavy (non-hydrogen) atoms. The number of rotatable bonds is 3. The Morgan fingerprint density at radius 3 is 3.06 bits per heavy atom. The molecule has 0 aliphatic heterocycles. The second-order valence-electron chi connectivity index (χ2n) is 3.40. The van der Waals surface area contributed by atoms with Crippen LogP contribution in [0.4, 0.5) is 5.13 Å². The van der Waals surface area contributed by atoms with E-state index in [1.165, 1.54) is 11.3 Å². The van der Waals surface area contributed by atoms with E-state index in [4.69, 9.17) is 5.73 Å². The number of nitrogens with zero attached hydrogens (tertiary/aromatic N) is 1. The third-order valence-electron chi connectivity index (χ3n) is 2.12. The number of aromatic nitrogens is 1. The first kappa shape index (κ1) is 11.3. The van der Waals surface area contributed by atoms with E-state index < -0.39 is 6.04 Å². The fourth-order valence-electron chi connectivity index (χ4n) is 1.22. The largest absolute Gasteiger partial charge is 0.368 e. The van der Waals surface area contributed by atoms with Gasteiger partial charge in [-0.25, -0.2) is 4.98 Å². The first-order valence-corrected chi connectivity index (χ1v) is 6.29. The van der Waals surface area contributed by atoms with E-state index in [1.807, 2.05) is 18.2 Å². The molecule has 0 radical (unpaired) electrons. The summed E-state index contributed by atoms with van der Waals surface area (Å²) in [4.78, 5) is 15.3. The van der Waals surface area contributed by atoms with Crippen molar-refractivity contribution in [2.45, 2.75) is 13.0 Å². The summed E-state index contributed by atoms with van der Waals surface area (Å²) in [6, 6.07) is 5.47. The van der Waals surface area contributed by atoms with Crippen LogP contribution in [0.2, 0.25) is 0 Å². The number of carbonyl (C=O) groups excluding carboxylic acids is 1. The summed E-state index contributed by atoms with van der Waals surface area (Å²) in [5.41, 5.74) is 6.07. The lowest BCUT2D eigenvalue weighted by molar-refractivity contribution is -0.118. The van der Waals surface area contributed by atoms with E-state index in [1.54, 1.807) is 6.92 Å². The second-order valence-corrected chi connectivity index (χ2v) is 5.35. The first-order chi connectivity index (χ1) is 7.56. The lowest BCUT2D eigenvalue weighted by Crippen LogP contribution is -2.32. The molecule has 0 saturated heterocycles. The van der Waals surface area contributed by atoms with E-state index in [0.29, 0.717) is 5.13 Å². The quantitative estimate of drug-likeness (QED) is 0.914. The molecule has 0 aliphatic rings. The van der Waals surface area contributed by atoms with Gasteiger partial charge in [0, 0.05) is 4.47 Å². The Kier molecular flexibility index (Phi) is 3.11. The summed E-state index contributed by atoms with van der Waals surface area (Å²) in [5.74, 6) is -0.388. The molecule has 0 spiro atoms. The number of thiazole rings is 1. The molecule has 0 saturated carbocycles. The third-order valence-corrected chi connectivity index (χ3v) is 3.58. The van der Waals surface area contributed by atoms with Crippen LogP contribution in [0.25, 0.3) is 10.2 Å². The number of hydrogen-bond donors (Lipinski definition) is 2. The van der Waals surface area contributed by atoms with Gasteiger partial charge >= 0.3 is 0 Å². The lowest BCUT2D eigenvalue weighted by Gasteiger charge is -2.06. The molecule has 0 fully saturated rings. The minimum absolute atomic E-state index is 0.388. The number of nitrogens with two attached hydrogens (primary N) is 1. The molecule has 1 atom stereocenters. The van der Waals surface area contributed by atoms with Crippen molar-refractivity contribution in [1.82, 2.24) is 4.98 Å². The van der Waals surface area contributed by atoms with Crippen molar-refractivity contribution in [2.24, 2.45) is 5.73 Å². The molecular formula is C10H10BrN3OS. The van der Waals surface area contributed by atoms with E-state index >= 15 is 0 Å². The maximum Gasteiger partial charge on any atom is 0.239 e. The molecule has 84 valence electrons. The summed E-state index contributed by atoms with van der Waals surface area (Å²) in [7, 11) is 0. The van der Waals surface area contributed by atoms with Crippen molar-refractivity contribution in [1.29, 1.82) is 0 Å². The van der Waals surface area contributed by atoms with Crippen LogP contribution in [0.15, 0.2) is 22.7 Å². The highest BCUT2D eigenvalue weighted by atomic mass is 79.9. The smallest absolute Gasteiger partial charge is 0.239 e. The molecular weight excluding hydrogens is 290 g/mol. The zero-order valence-electron chi connectivity index (χ0n) is 8.53. The number of carbonyl (C=O) groups is 1. The summed E-state index contributed by atoms with van der Waals surface area (Å²) in [6.07, 6.45) is 0. The van der Waals surface area contributed by atoms with Crippen LogP contribution in [-0.4, -0.2) is 16.9 Å². The summed E-state index contributed by atoms with van der Waals surface area (Å²) in [5, 5.41) is 3.68. The SMILES string of the molecule is CC(Nc1nc2cc(Br)ccc2s1)C(N)=O. The number of anilines is 1. The van der Waals surface area contributed by atoms with Crippen molar-refractivity contribution >= 4 is 48.5 Å². The van der Waals surface area contributed by atoms with Gasteiger partial charge in [-0.3, -0.25) is 4.79 Å². The topological polar surface area (TPSA) is 68.0 Å². The zero-order chi connectivity index (χ0) is 11.7. The van der Waals surface area contributed by atoms with Crippen LogP contribution in [0.3, 0.4) is 0 Å². The Balaban J connectivity index is 2.29. The minimum atomic E-state index is -0.413. The van der Waals surface area contributed by atoms with Crippen LogP contribution >= 0.6 is 27.3 Å². The standard InChI is InChI=1S/C10H10BrN3OS/c1-5(9(12)15)13-10-14-7-4-6(11)2-3-8(7)16-10/h2-5H,1H3,(H2,12,15)(H,13,14). The van der Waals surface area contributed by atoms with Crippen LogP contribution in [0.1, 0.15) is 6.92 Å². The van der Waals surface area contributed by atoms with Gasteiger partial charge in [0.15, 0.2) is 5.13 Å². The van der Waals surface area contributed by atoms with E-state index in [2.05, 4.69) is 26.2 Å². The van der Waals surface area contributed by atoms with Gasteiger partial charge in [-0.2, -0.15) is 0 Å². The van der Waals surface area contributed by atoms with Gasteiger partial charge in [0.25, 0.3) is 0 Å². The third kappa shape index (κ3) is 2.33. The van der Waals surface area contributed by atoms with Crippen molar-refractivity contribution in [3.63, 3.8) is 0 Å². The molecule has 6 heteroatoms. The molecule has 0 aliphatic carbocycles. The normalized spacial score (nSPS) is 12.6. The van der Waals surface area contributed by atoms with E-state index in [9.17, 15) is 4.79 Å². The van der Waals surface area contributed by atoms with Gasteiger partial charge in [0.05, 0.1) is 10.2 Å². The van der Waals surface area contributed by atoms with Gasteiger partial charge in [0.2, 0.25) is 5.91 Å². The summed E-state index contributed by atoms with van der Waals surface area (Å²) in [6.45, 7) is 1.71. The van der Waals surface area contributed by atoms with Gasteiger partial charge < -0.3 is 11.1 Å². The van der Waals surface area contributed by atoms with Crippen LogP contribution in [-0.2, 0) is 4.79 Å². The Hall–Kier alpha value is -1.14. The first-order valence-electron chi connectivity index (χ1n) is 4.68. The fraction of sp³-hybridized carbons (Fsp3) is 0.200. The maximum atomic E-state index is 10.9. The Labute approximate surface area is 105 Å². The molecule has 0 bridgehead atoms. The molecule has 2 aromatic rings. The Morgan fingerprint density at radius 1 is 1.62 bits per heavy atom. The van der Waals surface area contributed by atoms with Gasteiger partial charge in [0.1, 0.15) is 6.04 Å². The Morgan fingerprint density at radius 2 is 2.38 bits per heavy atom. The molecule has 1 aromatic heterocycles. The summed E-state index contributed by atoms with van der Waals surface area (Å²) >= 11 is 4.89. The zero-order valence-corrected chi connectivity index (χ0v) is 10.9. The predicted molar refractivity (Wildman–Crippen MR) is 69.6 cm³/mol.